The summed E-state index contributed by atoms with van der Waals surface area (Å²) in [6.07, 6.45) is 0.945. The summed E-state index contributed by atoms with van der Waals surface area (Å²) >= 11 is 0.676. The van der Waals surface area contributed by atoms with Gasteiger partial charge in [0.1, 0.15) is 0 Å². The third kappa shape index (κ3) is 4.79. The predicted octanol–water partition coefficient (Wildman–Crippen LogP) is 2.54. The zero-order valence-corrected chi connectivity index (χ0v) is 11.8. The molecule has 19 heavy (non-hydrogen) atoms. The van der Waals surface area contributed by atoms with Gasteiger partial charge >= 0.3 is 5.97 Å². The second kappa shape index (κ2) is 5.46. The molecule has 0 saturated heterocycles. The first-order valence-electron chi connectivity index (χ1n) is 5.09. The van der Waals surface area contributed by atoms with Crippen LogP contribution in [0.15, 0.2) is 28.0 Å². The van der Waals surface area contributed by atoms with E-state index in [2.05, 4.69) is 0 Å². The number of halogens is 2. The number of carbonyl (C=O) groups is 1. The van der Waals surface area contributed by atoms with Gasteiger partial charge in [0.25, 0.3) is 5.92 Å². The Kier molecular flexibility index (Phi) is 4.57. The van der Waals surface area contributed by atoms with E-state index in [4.69, 9.17) is 5.11 Å². The third-order valence-electron chi connectivity index (χ3n) is 2.09. The van der Waals surface area contributed by atoms with Crippen molar-refractivity contribution in [3.63, 3.8) is 0 Å². The lowest BCUT2D eigenvalue weighted by atomic mass is 10.2. The van der Waals surface area contributed by atoms with Crippen LogP contribution < -0.4 is 0 Å². The van der Waals surface area contributed by atoms with E-state index >= 15 is 0 Å². The van der Waals surface area contributed by atoms with Gasteiger partial charge in [-0.05, 0) is 18.2 Å². The van der Waals surface area contributed by atoms with E-state index in [0.717, 1.165) is 19.2 Å². The van der Waals surface area contributed by atoms with E-state index in [-0.39, 0.29) is 15.4 Å². The predicted molar refractivity (Wildman–Crippen MR) is 67.9 cm³/mol. The second-order valence-corrected chi connectivity index (χ2v) is 7.13. The number of rotatable bonds is 5. The first-order valence-corrected chi connectivity index (χ1v) is 7.96. The molecule has 0 atom stereocenters. The number of thioether (sulfide) groups is 1. The van der Waals surface area contributed by atoms with Crippen LogP contribution in [0.2, 0.25) is 0 Å². The minimum atomic E-state index is -3.54. The van der Waals surface area contributed by atoms with E-state index in [1.807, 2.05) is 0 Å². The third-order valence-corrected chi connectivity index (χ3v) is 4.52. The topological polar surface area (TPSA) is 71.4 Å². The molecule has 1 N–H and O–H groups in total. The average molecular weight is 310 g/mol. The van der Waals surface area contributed by atoms with Crippen molar-refractivity contribution in [1.29, 1.82) is 0 Å². The van der Waals surface area contributed by atoms with Crippen molar-refractivity contribution < 1.29 is 27.1 Å². The van der Waals surface area contributed by atoms with Crippen molar-refractivity contribution in [2.24, 2.45) is 0 Å². The van der Waals surface area contributed by atoms with Crippen molar-refractivity contribution >= 4 is 27.6 Å². The molecule has 0 aromatic heterocycles. The molecule has 1 aromatic rings. The quantitative estimate of drug-likeness (QED) is 0.846. The van der Waals surface area contributed by atoms with Gasteiger partial charge in [0, 0.05) is 18.1 Å². The summed E-state index contributed by atoms with van der Waals surface area (Å²) < 4.78 is 48.1. The Balaban J connectivity index is 3.16. The maximum Gasteiger partial charge on any atom is 0.336 e. The van der Waals surface area contributed by atoms with Crippen LogP contribution in [0, 0.1) is 0 Å². The molecule has 1 aromatic carbocycles. The lowest BCUT2D eigenvalue weighted by molar-refractivity contribution is 0.0491. The molecule has 0 unspecified atom stereocenters. The van der Waals surface area contributed by atoms with E-state index < -0.39 is 27.5 Å². The monoisotopic (exact) mass is 310 g/mol. The number of hydrogen-bond acceptors (Lipinski definition) is 4. The van der Waals surface area contributed by atoms with Crippen LogP contribution in [0.3, 0.4) is 0 Å². The summed E-state index contributed by atoms with van der Waals surface area (Å²) in [6.45, 7) is 0.727. The van der Waals surface area contributed by atoms with Crippen molar-refractivity contribution in [1.82, 2.24) is 0 Å². The number of benzene rings is 1. The highest BCUT2D eigenvalue weighted by Crippen LogP contribution is 2.30. The van der Waals surface area contributed by atoms with Crippen molar-refractivity contribution in [2.45, 2.75) is 22.6 Å². The van der Waals surface area contributed by atoms with Gasteiger partial charge in [0.2, 0.25) is 0 Å². The number of alkyl halides is 2. The highest BCUT2D eigenvalue weighted by molar-refractivity contribution is 7.99. The summed E-state index contributed by atoms with van der Waals surface area (Å²) in [6, 6.07) is 3.42. The van der Waals surface area contributed by atoms with Crippen LogP contribution in [-0.2, 0) is 9.84 Å². The lowest BCUT2D eigenvalue weighted by Gasteiger charge is -2.11. The van der Waals surface area contributed by atoms with Crippen LogP contribution in [0.4, 0.5) is 8.78 Å². The average Bonchev–Trinajstić information content (AvgIpc) is 2.23. The Bertz CT molecular complexity index is 591. The zero-order chi connectivity index (χ0) is 14.8. The van der Waals surface area contributed by atoms with Crippen molar-refractivity contribution in [2.75, 3.05) is 12.0 Å². The standard InChI is InChI=1S/C11H12F2O4S2/c1-11(12,13)6-18-9-4-3-7(19(2,16)17)5-8(9)10(14)15/h3-5H,6H2,1-2H3,(H,14,15). The molecule has 8 heteroatoms. The maximum atomic E-state index is 12.7. The molecule has 0 fully saturated rings. The molecule has 0 aliphatic heterocycles. The molecule has 0 amide bonds. The molecule has 4 nitrogen and oxygen atoms in total. The first kappa shape index (κ1) is 15.9. The minimum Gasteiger partial charge on any atom is -0.478 e. The molecule has 0 heterocycles. The Morgan fingerprint density at radius 2 is 2.00 bits per heavy atom. The Hall–Kier alpha value is -1.15. The Morgan fingerprint density at radius 3 is 2.42 bits per heavy atom. The zero-order valence-electron chi connectivity index (χ0n) is 10.2. The van der Waals surface area contributed by atoms with Gasteiger partial charge in [-0.1, -0.05) is 0 Å². The van der Waals surface area contributed by atoms with Crippen LogP contribution >= 0.6 is 11.8 Å². The summed E-state index contributed by atoms with van der Waals surface area (Å²) in [5, 5.41) is 8.99. The highest BCUT2D eigenvalue weighted by Gasteiger charge is 2.23. The Morgan fingerprint density at radius 1 is 1.42 bits per heavy atom. The molecular formula is C11H12F2O4S2. The lowest BCUT2D eigenvalue weighted by Crippen LogP contribution is -2.13. The summed E-state index contributed by atoms with van der Waals surface area (Å²) in [5.41, 5.74) is -0.294. The maximum absolute atomic E-state index is 12.7. The van der Waals surface area contributed by atoms with Gasteiger partial charge in [-0.3, -0.25) is 0 Å². The number of hydrogen-bond donors (Lipinski definition) is 1. The number of carboxylic acids is 1. The molecule has 1 rings (SSSR count). The molecule has 0 bridgehead atoms. The van der Waals surface area contributed by atoms with Crippen LogP contribution in [0.1, 0.15) is 17.3 Å². The normalized spacial score (nSPS) is 12.4. The molecule has 0 radical (unpaired) electrons. The van der Waals surface area contributed by atoms with Gasteiger partial charge in [0.15, 0.2) is 9.84 Å². The van der Waals surface area contributed by atoms with Gasteiger partial charge in [0.05, 0.1) is 16.2 Å². The first-order chi connectivity index (χ1) is 8.50. The van der Waals surface area contributed by atoms with Crippen molar-refractivity contribution in [3.8, 4) is 0 Å². The van der Waals surface area contributed by atoms with Gasteiger partial charge < -0.3 is 5.11 Å². The van der Waals surface area contributed by atoms with Crippen LogP contribution in [0.5, 0.6) is 0 Å². The fraction of sp³-hybridized carbons (Fsp3) is 0.364. The van der Waals surface area contributed by atoms with E-state index in [0.29, 0.717) is 11.8 Å². The summed E-state index contributed by atoms with van der Waals surface area (Å²) in [7, 11) is -3.54. The number of aromatic carboxylic acids is 1. The molecule has 106 valence electrons. The van der Waals surface area contributed by atoms with E-state index in [1.54, 1.807) is 0 Å². The molecule has 0 saturated carbocycles. The SMILES string of the molecule is CC(F)(F)CSc1ccc(S(C)(=O)=O)cc1C(=O)O. The fourth-order valence-electron chi connectivity index (χ4n) is 1.24. The van der Waals surface area contributed by atoms with Crippen molar-refractivity contribution in [3.05, 3.63) is 23.8 Å². The number of sulfone groups is 1. The van der Waals surface area contributed by atoms with Crippen LogP contribution in [0.25, 0.3) is 0 Å². The molecule has 0 aliphatic carbocycles. The highest BCUT2D eigenvalue weighted by atomic mass is 32.2. The van der Waals surface area contributed by atoms with Gasteiger partial charge in [-0.2, -0.15) is 0 Å². The summed E-state index contributed by atoms with van der Waals surface area (Å²) in [4.78, 5) is 11.0. The number of carboxylic acid groups (broad SMARTS) is 1. The smallest absolute Gasteiger partial charge is 0.336 e. The van der Waals surface area contributed by atoms with Gasteiger partial charge in [-0.15, -0.1) is 11.8 Å². The fourth-order valence-corrected chi connectivity index (χ4v) is 2.76. The van der Waals surface area contributed by atoms with E-state index in [1.165, 1.54) is 12.1 Å². The molecule has 0 spiro atoms. The summed E-state index contributed by atoms with van der Waals surface area (Å²) in [5.74, 6) is -4.87. The minimum absolute atomic E-state index is 0.112. The Labute approximate surface area is 113 Å². The molecular weight excluding hydrogens is 298 g/mol. The van der Waals surface area contributed by atoms with Gasteiger partial charge in [-0.25, -0.2) is 22.0 Å². The second-order valence-electron chi connectivity index (χ2n) is 4.09. The largest absolute Gasteiger partial charge is 0.478 e. The molecule has 0 aliphatic rings. The van der Waals surface area contributed by atoms with E-state index in [9.17, 15) is 22.0 Å². The van der Waals surface area contributed by atoms with Crippen LogP contribution in [-0.4, -0.2) is 37.4 Å².